The molecule has 4 bridgehead atoms. The van der Waals surface area contributed by atoms with Crippen LogP contribution in [0.3, 0.4) is 0 Å². The first-order valence-corrected chi connectivity index (χ1v) is 8.95. The van der Waals surface area contributed by atoms with Crippen molar-refractivity contribution >= 4 is 10.9 Å². The number of nitrogens with zero attached hydrogens (tertiary/aromatic N) is 1. The molecule has 4 aliphatic heterocycles. The lowest BCUT2D eigenvalue weighted by molar-refractivity contribution is -0.0503. The number of fused-ring (bicyclic) bond motifs is 4. The van der Waals surface area contributed by atoms with Gasteiger partial charge in [-0.05, 0) is 43.4 Å². The number of rotatable bonds is 2. The van der Waals surface area contributed by atoms with Gasteiger partial charge in [0.1, 0.15) is 5.75 Å². The summed E-state index contributed by atoms with van der Waals surface area (Å²) in [7, 11) is 1.71. The van der Waals surface area contributed by atoms with E-state index in [1.165, 1.54) is 27.7 Å². The highest BCUT2D eigenvalue weighted by Gasteiger charge is 2.52. The van der Waals surface area contributed by atoms with Crippen molar-refractivity contribution in [3.63, 3.8) is 0 Å². The Hall–Kier alpha value is -1.78. The van der Waals surface area contributed by atoms with E-state index < -0.39 is 0 Å². The molecule has 0 spiro atoms. The number of nitrogens with one attached hydrogen (secondary N) is 1. The first-order chi connectivity index (χ1) is 11.7. The molecule has 4 nitrogen and oxygen atoms in total. The van der Waals surface area contributed by atoms with Crippen LogP contribution in [0.5, 0.6) is 5.75 Å². The topological polar surface area (TPSA) is 48.5 Å². The number of aliphatic hydroxyl groups excluding tert-OH is 1. The maximum Gasteiger partial charge on any atom is 0.120 e. The van der Waals surface area contributed by atoms with E-state index in [0.29, 0.717) is 30.5 Å². The molecule has 1 aromatic carbocycles. The fourth-order valence-electron chi connectivity index (χ4n) is 5.48. The van der Waals surface area contributed by atoms with E-state index in [1.807, 2.05) is 0 Å². The molecule has 2 aromatic rings. The molecule has 0 radical (unpaired) electrons. The van der Waals surface area contributed by atoms with Crippen molar-refractivity contribution in [2.75, 3.05) is 20.3 Å². The second kappa shape index (κ2) is 5.11. The van der Waals surface area contributed by atoms with Crippen LogP contribution in [0.4, 0.5) is 0 Å². The molecule has 0 saturated carbocycles. The van der Waals surface area contributed by atoms with Crippen LogP contribution < -0.4 is 4.74 Å². The number of hydrogen-bond acceptors (Lipinski definition) is 3. The normalized spacial score (nSPS) is 35.5. The number of ether oxygens (including phenoxy) is 1. The van der Waals surface area contributed by atoms with Crippen molar-refractivity contribution in [2.24, 2.45) is 11.8 Å². The number of aromatic amines is 1. The standard InChI is InChI=1S/C20H24N2O2/c1-3-11-9-22-18-8-15-13-5-4-12(24-2)6-17(13)21-20(15)19(22)7-14(11)16(18)10-23/h3-6,14,16,18-19,21,23H,7-10H2,1-2H3. The second-order valence-electron chi connectivity index (χ2n) is 7.44. The zero-order chi connectivity index (χ0) is 16.4. The molecule has 4 heteroatoms. The molecule has 24 heavy (non-hydrogen) atoms. The van der Waals surface area contributed by atoms with Gasteiger partial charge in [0, 0.05) is 47.8 Å². The summed E-state index contributed by atoms with van der Waals surface area (Å²) in [5, 5.41) is 11.4. The zero-order valence-electron chi connectivity index (χ0n) is 14.2. The highest BCUT2D eigenvalue weighted by Crippen LogP contribution is 2.54. The van der Waals surface area contributed by atoms with Crippen molar-refractivity contribution < 1.29 is 9.84 Å². The van der Waals surface area contributed by atoms with E-state index in [1.54, 1.807) is 7.11 Å². The summed E-state index contributed by atoms with van der Waals surface area (Å²) in [4.78, 5) is 6.32. The van der Waals surface area contributed by atoms with Crippen LogP contribution >= 0.6 is 0 Å². The molecule has 6 rings (SSSR count). The third-order valence-corrected chi connectivity index (χ3v) is 6.63. The number of aliphatic hydroxyl groups is 1. The number of hydrogen-bond donors (Lipinski definition) is 2. The molecular weight excluding hydrogens is 300 g/mol. The molecule has 126 valence electrons. The van der Waals surface area contributed by atoms with Gasteiger partial charge in [0.2, 0.25) is 0 Å². The Labute approximate surface area is 142 Å². The van der Waals surface area contributed by atoms with Crippen molar-refractivity contribution in [2.45, 2.75) is 31.8 Å². The fraction of sp³-hybridized carbons (Fsp3) is 0.500. The van der Waals surface area contributed by atoms with Crippen LogP contribution in [0.15, 0.2) is 29.8 Å². The van der Waals surface area contributed by atoms with Crippen molar-refractivity contribution in [1.29, 1.82) is 0 Å². The molecule has 0 amide bonds. The fourth-order valence-corrected chi connectivity index (χ4v) is 5.48. The van der Waals surface area contributed by atoms with Gasteiger partial charge in [0.05, 0.1) is 13.2 Å². The van der Waals surface area contributed by atoms with E-state index in [-0.39, 0.29) is 0 Å². The van der Waals surface area contributed by atoms with Gasteiger partial charge in [-0.2, -0.15) is 0 Å². The minimum Gasteiger partial charge on any atom is -0.497 e. The number of aromatic nitrogens is 1. The van der Waals surface area contributed by atoms with Gasteiger partial charge >= 0.3 is 0 Å². The third kappa shape index (κ3) is 1.76. The Balaban J connectivity index is 1.65. The molecule has 3 fully saturated rings. The lowest BCUT2D eigenvalue weighted by Crippen LogP contribution is -2.60. The maximum absolute atomic E-state index is 10.0. The van der Waals surface area contributed by atoms with E-state index in [4.69, 9.17) is 4.74 Å². The molecular formula is C20H24N2O2. The number of benzene rings is 1. The van der Waals surface area contributed by atoms with E-state index in [0.717, 1.165) is 25.1 Å². The summed E-state index contributed by atoms with van der Waals surface area (Å²) in [5.74, 6) is 1.81. The first kappa shape index (κ1) is 14.6. The minimum absolute atomic E-state index is 0.293. The predicted octanol–water partition coefficient (Wildman–Crippen LogP) is 3.03. The van der Waals surface area contributed by atoms with Crippen LogP contribution in [-0.2, 0) is 6.42 Å². The number of methoxy groups -OCH3 is 1. The Morgan fingerprint density at radius 2 is 2.29 bits per heavy atom. The summed E-state index contributed by atoms with van der Waals surface area (Å²) in [6, 6.07) is 7.27. The van der Waals surface area contributed by atoms with Crippen molar-refractivity contribution in [3.05, 3.63) is 41.1 Å². The average molecular weight is 324 g/mol. The first-order valence-electron chi connectivity index (χ1n) is 8.95. The van der Waals surface area contributed by atoms with E-state index in [9.17, 15) is 5.11 Å². The van der Waals surface area contributed by atoms with Gasteiger partial charge in [-0.3, -0.25) is 4.90 Å². The average Bonchev–Trinajstić information content (AvgIpc) is 2.99. The largest absolute Gasteiger partial charge is 0.497 e. The molecule has 5 unspecified atom stereocenters. The van der Waals surface area contributed by atoms with Crippen LogP contribution in [0, 0.1) is 11.8 Å². The number of allylic oxidation sites excluding steroid dienone is 1. The van der Waals surface area contributed by atoms with Crippen LogP contribution in [-0.4, -0.2) is 41.3 Å². The monoisotopic (exact) mass is 324 g/mol. The maximum atomic E-state index is 10.0. The van der Waals surface area contributed by atoms with E-state index in [2.05, 4.69) is 41.1 Å². The van der Waals surface area contributed by atoms with Crippen LogP contribution in [0.25, 0.3) is 10.9 Å². The minimum atomic E-state index is 0.293. The van der Waals surface area contributed by atoms with Gasteiger partial charge in [0.25, 0.3) is 0 Å². The highest BCUT2D eigenvalue weighted by molar-refractivity contribution is 5.86. The molecule has 4 aliphatic rings. The Morgan fingerprint density at radius 1 is 1.42 bits per heavy atom. The predicted molar refractivity (Wildman–Crippen MR) is 94.2 cm³/mol. The summed E-state index contributed by atoms with van der Waals surface area (Å²) < 4.78 is 5.38. The van der Waals surface area contributed by atoms with Gasteiger partial charge in [-0.25, -0.2) is 0 Å². The van der Waals surface area contributed by atoms with Gasteiger partial charge in [-0.15, -0.1) is 0 Å². The van der Waals surface area contributed by atoms with Crippen molar-refractivity contribution in [3.8, 4) is 5.75 Å². The summed E-state index contributed by atoms with van der Waals surface area (Å²) in [5.41, 5.74) is 5.55. The van der Waals surface area contributed by atoms with Crippen LogP contribution in [0.2, 0.25) is 0 Å². The lowest BCUT2D eigenvalue weighted by atomic mass is 9.64. The Kier molecular flexibility index (Phi) is 3.10. The lowest BCUT2D eigenvalue weighted by Gasteiger charge is -2.58. The van der Waals surface area contributed by atoms with Gasteiger partial charge in [-0.1, -0.05) is 11.6 Å². The van der Waals surface area contributed by atoms with Crippen LogP contribution in [0.1, 0.15) is 30.6 Å². The quantitative estimate of drug-likeness (QED) is 0.835. The van der Waals surface area contributed by atoms with Gasteiger partial charge < -0.3 is 14.8 Å². The summed E-state index contributed by atoms with van der Waals surface area (Å²) in [6.45, 7) is 3.49. The molecule has 1 aromatic heterocycles. The number of H-pyrrole nitrogens is 1. The Morgan fingerprint density at radius 3 is 3.04 bits per heavy atom. The zero-order valence-corrected chi connectivity index (χ0v) is 14.2. The van der Waals surface area contributed by atoms with Crippen molar-refractivity contribution in [1.82, 2.24) is 9.88 Å². The SMILES string of the molecule is CC=C1CN2C3CC1C(CO)C2Cc1c3[nH]c2cc(OC)ccc12. The van der Waals surface area contributed by atoms with Gasteiger partial charge in [0.15, 0.2) is 0 Å². The van der Waals surface area contributed by atoms with E-state index >= 15 is 0 Å². The number of piperidine rings is 3. The molecule has 3 saturated heterocycles. The summed E-state index contributed by atoms with van der Waals surface area (Å²) in [6.07, 6.45) is 4.43. The molecule has 5 heterocycles. The summed E-state index contributed by atoms with van der Waals surface area (Å²) >= 11 is 0. The molecule has 5 atom stereocenters. The Bertz CT molecular complexity index is 838. The molecule has 2 N–H and O–H groups in total. The second-order valence-corrected chi connectivity index (χ2v) is 7.44. The molecule has 0 aliphatic carbocycles. The third-order valence-electron chi connectivity index (χ3n) is 6.63. The smallest absolute Gasteiger partial charge is 0.120 e. The highest BCUT2D eigenvalue weighted by atomic mass is 16.5.